The Morgan fingerprint density at radius 3 is 2.56 bits per heavy atom. The highest BCUT2D eigenvalue weighted by Crippen LogP contribution is 2.21. The molecule has 6 nitrogen and oxygen atoms in total. The summed E-state index contributed by atoms with van der Waals surface area (Å²) in [4.78, 5) is 18.8. The topological polar surface area (TPSA) is 60.2 Å². The van der Waals surface area contributed by atoms with Crippen LogP contribution in [0.2, 0.25) is 0 Å². The van der Waals surface area contributed by atoms with Crippen molar-refractivity contribution in [3.8, 4) is 5.75 Å². The van der Waals surface area contributed by atoms with Crippen LogP contribution in [0.4, 0.5) is 0 Å². The zero-order valence-electron chi connectivity index (χ0n) is 15.2. The van der Waals surface area contributed by atoms with E-state index in [0.717, 1.165) is 24.3 Å². The quantitative estimate of drug-likeness (QED) is 0.838. The zero-order valence-corrected chi connectivity index (χ0v) is 15.2. The van der Waals surface area contributed by atoms with Crippen molar-refractivity contribution >= 4 is 5.91 Å². The predicted octanol–water partition coefficient (Wildman–Crippen LogP) is 3.11. The van der Waals surface area contributed by atoms with Crippen LogP contribution in [0.1, 0.15) is 55.7 Å². The van der Waals surface area contributed by atoms with E-state index in [1.165, 1.54) is 0 Å². The van der Waals surface area contributed by atoms with E-state index in [4.69, 9.17) is 4.74 Å². The molecule has 0 aromatic carbocycles. The van der Waals surface area contributed by atoms with Gasteiger partial charge in [-0.1, -0.05) is 13.8 Å². The normalized spacial score (nSPS) is 15.6. The number of amides is 1. The van der Waals surface area contributed by atoms with Crippen molar-refractivity contribution in [3.63, 3.8) is 0 Å². The maximum atomic E-state index is 12.9. The van der Waals surface area contributed by atoms with Crippen LogP contribution in [0.25, 0.3) is 0 Å². The number of pyridine rings is 1. The number of aryl methyl sites for hydroxylation is 1. The number of rotatable bonds is 5. The van der Waals surface area contributed by atoms with E-state index in [2.05, 4.69) is 23.9 Å². The van der Waals surface area contributed by atoms with E-state index in [0.29, 0.717) is 31.2 Å². The third-order valence-electron chi connectivity index (χ3n) is 4.59. The summed E-state index contributed by atoms with van der Waals surface area (Å²) in [6, 6.07) is 5.67. The monoisotopic (exact) mass is 342 g/mol. The highest BCUT2D eigenvalue weighted by molar-refractivity contribution is 5.92. The van der Waals surface area contributed by atoms with Crippen molar-refractivity contribution in [1.29, 1.82) is 0 Å². The van der Waals surface area contributed by atoms with E-state index in [1.54, 1.807) is 12.4 Å². The maximum Gasteiger partial charge on any atom is 0.272 e. The van der Waals surface area contributed by atoms with E-state index in [1.807, 2.05) is 34.7 Å². The second kappa shape index (κ2) is 7.68. The fourth-order valence-electron chi connectivity index (χ4n) is 3.08. The van der Waals surface area contributed by atoms with Gasteiger partial charge in [0.05, 0.1) is 5.69 Å². The smallest absolute Gasteiger partial charge is 0.272 e. The van der Waals surface area contributed by atoms with Crippen molar-refractivity contribution in [2.75, 3.05) is 13.1 Å². The number of hydrogen-bond acceptors (Lipinski definition) is 4. The van der Waals surface area contributed by atoms with Gasteiger partial charge in [-0.2, -0.15) is 5.10 Å². The summed E-state index contributed by atoms with van der Waals surface area (Å²) >= 11 is 0. The number of piperidine rings is 1. The molecular weight excluding hydrogens is 316 g/mol. The number of nitrogens with zero attached hydrogens (tertiary/aromatic N) is 4. The molecule has 2 aromatic rings. The fraction of sp³-hybridized carbons (Fsp3) is 0.526. The number of carbonyl (C=O) groups excluding carboxylic acids is 1. The Kier molecular flexibility index (Phi) is 5.36. The third-order valence-corrected chi connectivity index (χ3v) is 4.59. The van der Waals surface area contributed by atoms with Gasteiger partial charge < -0.3 is 9.64 Å². The summed E-state index contributed by atoms with van der Waals surface area (Å²) < 4.78 is 7.79. The summed E-state index contributed by atoms with van der Waals surface area (Å²) in [5.74, 6) is 1.23. The van der Waals surface area contributed by atoms with E-state index >= 15 is 0 Å². The Labute approximate surface area is 148 Å². The molecule has 1 fully saturated rings. The summed E-state index contributed by atoms with van der Waals surface area (Å²) in [6.07, 6.45) is 5.28. The molecule has 1 amide bonds. The Hall–Kier alpha value is -2.37. The number of hydrogen-bond donors (Lipinski definition) is 0. The minimum atomic E-state index is 0.0728. The molecule has 1 saturated heterocycles. The van der Waals surface area contributed by atoms with Crippen molar-refractivity contribution in [2.45, 2.75) is 52.2 Å². The van der Waals surface area contributed by atoms with Gasteiger partial charge in [0.1, 0.15) is 17.5 Å². The molecule has 0 bridgehead atoms. The zero-order chi connectivity index (χ0) is 17.8. The van der Waals surface area contributed by atoms with Crippen LogP contribution in [-0.4, -0.2) is 44.8 Å². The molecule has 1 aliphatic rings. The first kappa shape index (κ1) is 17.5. The molecule has 2 aromatic heterocycles. The Balaban J connectivity index is 1.62. The van der Waals surface area contributed by atoms with E-state index in [9.17, 15) is 4.79 Å². The van der Waals surface area contributed by atoms with E-state index in [-0.39, 0.29) is 12.0 Å². The fourth-order valence-corrected chi connectivity index (χ4v) is 3.08. The molecule has 6 heteroatoms. The lowest BCUT2D eigenvalue weighted by Crippen LogP contribution is -2.42. The predicted molar refractivity (Wildman–Crippen MR) is 95.8 cm³/mol. The van der Waals surface area contributed by atoms with Gasteiger partial charge in [-0.3, -0.25) is 14.5 Å². The van der Waals surface area contributed by atoms with E-state index < -0.39 is 0 Å². The lowest BCUT2D eigenvalue weighted by Gasteiger charge is -2.32. The Morgan fingerprint density at radius 1 is 1.28 bits per heavy atom. The average Bonchev–Trinajstić information content (AvgIpc) is 3.07. The van der Waals surface area contributed by atoms with Crippen LogP contribution in [0, 0.1) is 0 Å². The van der Waals surface area contributed by atoms with Crippen LogP contribution >= 0.6 is 0 Å². The molecule has 3 heterocycles. The first-order valence-electron chi connectivity index (χ1n) is 9.02. The van der Waals surface area contributed by atoms with Crippen molar-refractivity contribution in [1.82, 2.24) is 19.7 Å². The summed E-state index contributed by atoms with van der Waals surface area (Å²) in [5.41, 5.74) is 1.67. The van der Waals surface area contributed by atoms with Crippen LogP contribution in [-0.2, 0) is 6.54 Å². The molecule has 1 aliphatic heterocycles. The molecule has 0 saturated carbocycles. The standard InChI is InChI=1S/C19H26N4O2/c1-4-23-18(13-17(21-23)14(2)3)19(24)22-11-7-16(8-12-22)25-15-5-9-20-10-6-15/h5-6,9-10,13-14,16H,4,7-8,11-12H2,1-3H3. The van der Waals surface area contributed by atoms with Gasteiger partial charge in [-0.25, -0.2) is 0 Å². The molecule has 0 atom stereocenters. The minimum absolute atomic E-state index is 0.0728. The lowest BCUT2D eigenvalue weighted by molar-refractivity contribution is 0.0584. The Morgan fingerprint density at radius 2 is 1.96 bits per heavy atom. The second-order valence-corrected chi connectivity index (χ2v) is 6.72. The van der Waals surface area contributed by atoms with Crippen molar-refractivity contribution in [2.24, 2.45) is 0 Å². The highest BCUT2D eigenvalue weighted by atomic mass is 16.5. The van der Waals surface area contributed by atoms with Crippen LogP contribution < -0.4 is 4.74 Å². The van der Waals surface area contributed by atoms with Gasteiger partial charge in [0, 0.05) is 44.9 Å². The average molecular weight is 342 g/mol. The molecule has 0 aliphatic carbocycles. The molecular formula is C19H26N4O2. The van der Waals surface area contributed by atoms with Crippen LogP contribution in [0.15, 0.2) is 30.6 Å². The summed E-state index contributed by atoms with van der Waals surface area (Å²) in [6.45, 7) is 8.33. The highest BCUT2D eigenvalue weighted by Gasteiger charge is 2.27. The lowest BCUT2D eigenvalue weighted by atomic mass is 10.1. The second-order valence-electron chi connectivity index (χ2n) is 6.72. The van der Waals surface area contributed by atoms with Gasteiger partial charge in [0.15, 0.2) is 0 Å². The largest absolute Gasteiger partial charge is 0.490 e. The minimum Gasteiger partial charge on any atom is -0.490 e. The van der Waals surface area contributed by atoms with Crippen molar-refractivity contribution in [3.05, 3.63) is 42.0 Å². The van der Waals surface area contributed by atoms with Crippen LogP contribution in [0.5, 0.6) is 5.75 Å². The van der Waals surface area contributed by atoms with Gasteiger partial charge in [0.25, 0.3) is 5.91 Å². The third kappa shape index (κ3) is 4.00. The molecule has 25 heavy (non-hydrogen) atoms. The molecule has 0 radical (unpaired) electrons. The van der Waals surface area contributed by atoms with Gasteiger partial charge in [-0.05, 0) is 31.0 Å². The number of carbonyl (C=O) groups is 1. The number of ether oxygens (including phenoxy) is 1. The molecule has 134 valence electrons. The number of aromatic nitrogens is 3. The maximum absolute atomic E-state index is 12.9. The first-order chi connectivity index (χ1) is 12.1. The van der Waals surface area contributed by atoms with Gasteiger partial charge in [0.2, 0.25) is 0 Å². The van der Waals surface area contributed by atoms with Gasteiger partial charge in [-0.15, -0.1) is 0 Å². The van der Waals surface area contributed by atoms with Gasteiger partial charge >= 0.3 is 0 Å². The molecule has 3 rings (SSSR count). The molecule has 0 N–H and O–H groups in total. The van der Waals surface area contributed by atoms with Crippen molar-refractivity contribution < 1.29 is 9.53 Å². The summed E-state index contributed by atoms with van der Waals surface area (Å²) in [5, 5.41) is 4.55. The number of likely N-dealkylation sites (tertiary alicyclic amines) is 1. The molecule has 0 spiro atoms. The first-order valence-corrected chi connectivity index (χ1v) is 9.02. The summed E-state index contributed by atoms with van der Waals surface area (Å²) in [7, 11) is 0. The molecule has 0 unspecified atom stereocenters. The Bertz CT molecular complexity index is 703. The van der Waals surface area contributed by atoms with Crippen LogP contribution in [0.3, 0.4) is 0 Å². The SMILES string of the molecule is CCn1nc(C(C)C)cc1C(=O)N1CCC(Oc2ccncc2)CC1.